The highest BCUT2D eigenvalue weighted by Gasteiger charge is 2.33. The van der Waals surface area contributed by atoms with E-state index in [1.54, 1.807) is 0 Å². The molecule has 1 aliphatic rings. The van der Waals surface area contributed by atoms with Crippen molar-refractivity contribution in [3.63, 3.8) is 0 Å². The van der Waals surface area contributed by atoms with Crippen molar-refractivity contribution in [3.05, 3.63) is 35.9 Å². The smallest absolute Gasteiger partial charge is 0.240 e. The molecule has 0 radical (unpaired) electrons. The second-order valence-electron chi connectivity index (χ2n) is 4.03. The van der Waals surface area contributed by atoms with Gasteiger partial charge in [-0.05, 0) is 5.56 Å². The maximum Gasteiger partial charge on any atom is 0.240 e. The minimum Gasteiger partial charge on any atom is -0.382 e. The summed E-state index contributed by atoms with van der Waals surface area (Å²) >= 11 is 0. The Kier molecular flexibility index (Phi) is 3.13. The van der Waals surface area contributed by atoms with Gasteiger partial charge in [-0.2, -0.15) is 0 Å². The lowest BCUT2D eigenvalue weighted by molar-refractivity contribution is 0.131. The SMILES string of the molecule is CP(=O)(O)C1CC(Cc2ccccc2)=NO1. The van der Waals surface area contributed by atoms with Crippen molar-refractivity contribution in [2.45, 2.75) is 18.7 Å². The Balaban J connectivity index is 1.98. The summed E-state index contributed by atoms with van der Waals surface area (Å²) in [5.41, 5.74) is 1.96. The molecule has 0 spiro atoms. The molecule has 0 saturated heterocycles. The number of rotatable bonds is 3. The van der Waals surface area contributed by atoms with E-state index in [2.05, 4.69) is 5.16 Å². The zero-order valence-corrected chi connectivity index (χ0v) is 9.93. The average molecular weight is 239 g/mol. The molecule has 0 bridgehead atoms. The largest absolute Gasteiger partial charge is 0.382 e. The van der Waals surface area contributed by atoms with Crippen LogP contribution in [0.1, 0.15) is 12.0 Å². The van der Waals surface area contributed by atoms with Gasteiger partial charge in [0.25, 0.3) is 0 Å². The molecule has 5 heteroatoms. The van der Waals surface area contributed by atoms with Crippen LogP contribution in [0.4, 0.5) is 0 Å². The quantitative estimate of drug-likeness (QED) is 0.823. The summed E-state index contributed by atoms with van der Waals surface area (Å²) in [6.07, 6.45) is 1.12. The van der Waals surface area contributed by atoms with Crippen LogP contribution in [-0.2, 0) is 15.8 Å². The van der Waals surface area contributed by atoms with Crippen LogP contribution in [0.3, 0.4) is 0 Å². The van der Waals surface area contributed by atoms with Crippen LogP contribution >= 0.6 is 7.37 Å². The Morgan fingerprint density at radius 1 is 1.50 bits per heavy atom. The van der Waals surface area contributed by atoms with Crippen LogP contribution < -0.4 is 0 Å². The Morgan fingerprint density at radius 3 is 2.75 bits per heavy atom. The van der Waals surface area contributed by atoms with Gasteiger partial charge in [0.1, 0.15) is 0 Å². The third-order valence-corrected chi connectivity index (χ3v) is 3.84. The Bertz CT molecular complexity index is 438. The topological polar surface area (TPSA) is 58.9 Å². The molecule has 86 valence electrons. The van der Waals surface area contributed by atoms with E-state index in [0.717, 1.165) is 11.3 Å². The summed E-state index contributed by atoms with van der Waals surface area (Å²) in [5.74, 6) is -0.661. The minimum absolute atomic E-state index is 0.444. The van der Waals surface area contributed by atoms with Gasteiger partial charge in [-0.25, -0.2) is 0 Å². The van der Waals surface area contributed by atoms with Gasteiger partial charge in [0.2, 0.25) is 13.2 Å². The number of nitrogens with zero attached hydrogens (tertiary/aromatic N) is 1. The van der Waals surface area contributed by atoms with Crippen molar-refractivity contribution < 1.29 is 14.3 Å². The van der Waals surface area contributed by atoms with Crippen LogP contribution in [0, 0.1) is 0 Å². The Labute approximate surface area is 94.4 Å². The van der Waals surface area contributed by atoms with Crippen molar-refractivity contribution in [1.29, 1.82) is 0 Å². The van der Waals surface area contributed by atoms with Crippen molar-refractivity contribution in [1.82, 2.24) is 0 Å². The minimum atomic E-state index is -3.19. The zero-order chi connectivity index (χ0) is 11.6. The highest BCUT2D eigenvalue weighted by atomic mass is 31.2. The molecule has 1 heterocycles. The number of hydrogen-bond acceptors (Lipinski definition) is 3. The van der Waals surface area contributed by atoms with Crippen molar-refractivity contribution >= 4 is 13.1 Å². The molecule has 1 aromatic rings. The van der Waals surface area contributed by atoms with Gasteiger partial charge in [0, 0.05) is 19.5 Å². The predicted octanol–water partition coefficient (Wildman–Crippen LogP) is 2.23. The summed E-state index contributed by atoms with van der Waals surface area (Å²) < 4.78 is 11.4. The van der Waals surface area contributed by atoms with Crippen LogP contribution in [0.2, 0.25) is 0 Å². The highest BCUT2D eigenvalue weighted by Crippen LogP contribution is 2.46. The van der Waals surface area contributed by atoms with Gasteiger partial charge >= 0.3 is 0 Å². The first kappa shape index (κ1) is 11.4. The summed E-state index contributed by atoms with van der Waals surface area (Å²) in [4.78, 5) is 14.3. The molecule has 2 unspecified atom stereocenters. The van der Waals surface area contributed by atoms with E-state index in [1.165, 1.54) is 6.66 Å². The van der Waals surface area contributed by atoms with Crippen LogP contribution in [0.5, 0.6) is 0 Å². The maximum atomic E-state index is 11.4. The fourth-order valence-electron chi connectivity index (χ4n) is 1.60. The molecular weight excluding hydrogens is 225 g/mol. The standard InChI is InChI=1S/C11H14NO3P/c1-16(13,14)11-8-10(12-15-11)7-9-5-3-2-4-6-9/h2-6,11H,7-8H2,1H3,(H,13,14). The summed E-state index contributed by atoms with van der Waals surface area (Å²) in [5, 5.41) is 3.86. The van der Waals surface area contributed by atoms with Crippen molar-refractivity contribution in [2.24, 2.45) is 5.16 Å². The van der Waals surface area contributed by atoms with Gasteiger partial charge in [0.15, 0.2) is 0 Å². The molecule has 1 aromatic carbocycles. The molecule has 16 heavy (non-hydrogen) atoms. The van der Waals surface area contributed by atoms with E-state index < -0.39 is 13.2 Å². The Hall–Kier alpha value is -1.12. The third kappa shape index (κ3) is 2.71. The maximum absolute atomic E-state index is 11.4. The van der Waals surface area contributed by atoms with E-state index in [-0.39, 0.29) is 0 Å². The molecule has 1 aliphatic heterocycles. The van der Waals surface area contributed by atoms with E-state index in [1.807, 2.05) is 30.3 Å². The van der Waals surface area contributed by atoms with E-state index in [9.17, 15) is 9.46 Å². The average Bonchev–Trinajstić information content (AvgIpc) is 2.67. The number of oxime groups is 1. The van der Waals surface area contributed by atoms with Crippen LogP contribution in [0.15, 0.2) is 35.5 Å². The van der Waals surface area contributed by atoms with E-state index >= 15 is 0 Å². The van der Waals surface area contributed by atoms with Crippen LogP contribution in [-0.4, -0.2) is 23.1 Å². The van der Waals surface area contributed by atoms with Crippen molar-refractivity contribution in [2.75, 3.05) is 6.66 Å². The normalized spacial score (nSPS) is 23.4. The molecule has 0 fully saturated rings. The molecular formula is C11H14NO3P. The van der Waals surface area contributed by atoms with E-state index in [4.69, 9.17) is 4.84 Å². The second kappa shape index (κ2) is 4.40. The highest BCUT2D eigenvalue weighted by molar-refractivity contribution is 7.57. The molecule has 0 saturated carbocycles. The summed E-state index contributed by atoms with van der Waals surface area (Å²) in [6, 6.07) is 9.87. The first-order valence-corrected chi connectivity index (χ1v) is 7.29. The molecule has 4 nitrogen and oxygen atoms in total. The van der Waals surface area contributed by atoms with Gasteiger partial charge in [-0.15, -0.1) is 0 Å². The summed E-state index contributed by atoms with van der Waals surface area (Å²) in [6.45, 7) is 1.30. The fraction of sp³-hybridized carbons (Fsp3) is 0.364. The lowest BCUT2D eigenvalue weighted by Gasteiger charge is -2.10. The lowest BCUT2D eigenvalue weighted by atomic mass is 10.1. The first-order chi connectivity index (χ1) is 7.55. The molecule has 1 N–H and O–H groups in total. The second-order valence-corrected chi connectivity index (χ2v) is 6.49. The van der Waals surface area contributed by atoms with Crippen molar-refractivity contribution in [3.8, 4) is 0 Å². The molecule has 0 aromatic heterocycles. The molecule has 0 aliphatic carbocycles. The van der Waals surface area contributed by atoms with Gasteiger partial charge in [-0.3, -0.25) is 4.57 Å². The van der Waals surface area contributed by atoms with Gasteiger partial charge < -0.3 is 9.73 Å². The third-order valence-electron chi connectivity index (χ3n) is 2.50. The number of hydrogen-bond donors (Lipinski definition) is 1. The van der Waals surface area contributed by atoms with Gasteiger partial charge in [0.05, 0.1) is 5.71 Å². The molecule has 2 rings (SSSR count). The summed E-state index contributed by atoms with van der Waals surface area (Å²) in [7, 11) is -3.19. The zero-order valence-electron chi connectivity index (χ0n) is 9.04. The first-order valence-electron chi connectivity index (χ1n) is 5.11. The van der Waals surface area contributed by atoms with Crippen LogP contribution in [0.25, 0.3) is 0 Å². The van der Waals surface area contributed by atoms with Gasteiger partial charge in [-0.1, -0.05) is 35.5 Å². The monoisotopic (exact) mass is 239 g/mol. The lowest BCUT2D eigenvalue weighted by Crippen LogP contribution is -2.09. The predicted molar refractivity (Wildman–Crippen MR) is 62.8 cm³/mol. The van der Waals surface area contributed by atoms with E-state index in [0.29, 0.717) is 12.8 Å². The fourth-order valence-corrected chi connectivity index (χ4v) is 2.38. The Morgan fingerprint density at radius 2 is 2.19 bits per heavy atom. The number of benzene rings is 1. The molecule has 2 atom stereocenters. The molecule has 0 amide bonds.